The van der Waals surface area contributed by atoms with Gasteiger partial charge in [-0.1, -0.05) is 48.9 Å². The highest BCUT2D eigenvalue weighted by atomic mass is 16.2. The van der Waals surface area contributed by atoms with Crippen molar-refractivity contribution >= 4 is 17.5 Å². The van der Waals surface area contributed by atoms with Gasteiger partial charge in [-0.15, -0.1) is 0 Å². The van der Waals surface area contributed by atoms with Crippen molar-refractivity contribution in [1.82, 2.24) is 5.32 Å². The fourth-order valence-electron chi connectivity index (χ4n) is 2.59. The van der Waals surface area contributed by atoms with E-state index in [1.165, 1.54) is 18.1 Å². The Kier molecular flexibility index (Phi) is 6.75. The maximum absolute atomic E-state index is 12.1. The van der Waals surface area contributed by atoms with Crippen molar-refractivity contribution in [2.75, 3.05) is 11.4 Å². The van der Waals surface area contributed by atoms with Crippen LogP contribution in [0.5, 0.6) is 0 Å². The van der Waals surface area contributed by atoms with Crippen LogP contribution in [0.1, 0.15) is 37.0 Å². The SMILES string of the molecule is CCc1ccc(N(CCC(=O)NCc2ccc(C)cc2)C(C)=O)cc1. The summed E-state index contributed by atoms with van der Waals surface area (Å²) in [5, 5.41) is 2.91. The summed E-state index contributed by atoms with van der Waals surface area (Å²) in [5.74, 6) is -0.118. The van der Waals surface area contributed by atoms with Gasteiger partial charge < -0.3 is 10.2 Å². The van der Waals surface area contributed by atoms with Crippen molar-refractivity contribution in [3.63, 3.8) is 0 Å². The summed E-state index contributed by atoms with van der Waals surface area (Å²) in [5.41, 5.74) is 4.32. The number of nitrogens with zero attached hydrogens (tertiary/aromatic N) is 1. The van der Waals surface area contributed by atoms with Gasteiger partial charge in [0.05, 0.1) is 0 Å². The number of rotatable bonds is 7. The fourth-order valence-corrected chi connectivity index (χ4v) is 2.59. The molecule has 0 bridgehead atoms. The molecule has 0 aliphatic heterocycles. The van der Waals surface area contributed by atoms with Gasteiger partial charge in [-0.3, -0.25) is 9.59 Å². The molecule has 0 unspecified atom stereocenters. The molecule has 0 aromatic heterocycles. The van der Waals surface area contributed by atoms with Crippen LogP contribution in [0.3, 0.4) is 0 Å². The second-order valence-corrected chi connectivity index (χ2v) is 6.20. The number of aryl methyl sites for hydroxylation is 2. The zero-order valence-electron chi connectivity index (χ0n) is 15.2. The minimum atomic E-state index is -0.0596. The molecule has 0 saturated carbocycles. The molecule has 2 amide bonds. The van der Waals surface area contributed by atoms with Crippen LogP contribution in [0.4, 0.5) is 5.69 Å². The van der Waals surface area contributed by atoms with Crippen LogP contribution in [-0.4, -0.2) is 18.4 Å². The Morgan fingerprint density at radius 2 is 1.56 bits per heavy atom. The highest BCUT2D eigenvalue weighted by molar-refractivity contribution is 5.92. The Morgan fingerprint density at radius 1 is 0.960 bits per heavy atom. The highest BCUT2D eigenvalue weighted by Gasteiger charge is 2.13. The summed E-state index contributed by atoms with van der Waals surface area (Å²) >= 11 is 0. The molecule has 0 atom stereocenters. The minimum absolute atomic E-state index is 0.0583. The van der Waals surface area contributed by atoms with E-state index in [1.54, 1.807) is 4.90 Å². The number of hydrogen-bond acceptors (Lipinski definition) is 2. The zero-order valence-corrected chi connectivity index (χ0v) is 15.2. The maximum Gasteiger partial charge on any atom is 0.223 e. The number of hydrogen-bond donors (Lipinski definition) is 1. The predicted molar refractivity (Wildman–Crippen MR) is 101 cm³/mol. The van der Waals surface area contributed by atoms with E-state index in [9.17, 15) is 9.59 Å². The first-order valence-electron chi connectivity index (χ1n) is 8.69. The Hall–Kier alpha value is -2.62. The molecule has 0 fully saturated rings. The van der Waals surface area contributed by atoms with Gasteiger partial charge in [-0.2, -0.15) is 0 Å². The second kappa shape index (κ2) is 9.02. The van der Waals surface area contributed by atoms with Gasteiger partial charge in [0.1, 0.15) is 0 Å². The maximum atomic E-state index is 12.1. The summed E-state index contributed by atoms with van der Waals surface area (Å²) in [7, 11) is 0. The fraction of sp³-hybridized carbons (Fsp3) is 0.333. The van der Waals surface area contributed by atoms with Crippen molar-refractivity contribution in [3.05, 3.63) is 65.2 Å². The molecular weight excluding hydrogens is 312 g/mol. The molecular formula is C21H26N2O2. The van der Waals surface area contributed by atoms with Crippen molar-refractivity contribution in [2.24, 2.45) is 0 Å². The lowest BCUT2D eigenvalue weighted by molar-refractivity contribution is -0.121. The number of nitrogens with one attached hydrogen (secondary N) is 1. The zero-order chi connectivity index (χ0) is 18.2. The molecule has 0 spiro atoms. The van der Waals surface area contributed by atoms with Crippen LogP contribution < -0.4 is 10.2 Å². The van der Waals surface area contributed by atoms with E-state index in [0.29, 0.717) is 13.1 Å². The van der Waals surface area contributed by atoms with Crippen LogP contribution in [0.15, 0.2) is 48.5 Å². The van der Waals surface area contributed by atoms with Crippen molar-refractivity contribution in [1.29, 1.82) is 0 Å². The molecule has 0 radical (unpaired) electrons. The molecule has 4 nitrogen and oxygen atoms in total. The van der Waals surface area contributed by atoms with Crippen LogP contribution in [0, 0.1) is 6.92 Å². The first-order valence-corrected chi connectivity index (χ1v) is 8.69. The summed E-state index contributed by atoms with van der Waals surface area (Å²) in [6, 6.07) is 16.0. The largest absolute Gasteiger partial charge is 0.352 e. The average molecular weight is 338 g/mol. The lowest BCUT2D eigenvalue weighted by Gasteiger charge is -2.21. The van der Waals surface area contributed by atoms with E-state index in [0.717, 1.165) is 17.7 Å². The van der Waals surface area contributed by atoms with Gasteiger partial charge in [-0.05, 0) is 36.6 Å². The van der Waals surface area contributed by atoms with Gasteiger partial charge in [0.25, 0.3) is 0 Å². The second-order valence-electron chi connectivity index (χ2n) is 6.20. The lowest BCUT2D eigenvalue weighted by atomic mass is 10.1. The topological polar surface area (TPSA) is 49.4 Å². The number of carbonyl (C=O) groups excluding carboxylic acids is 2. The Balaban J connectivity index is 1.88. The standard InChI is InChI=1S/C21H26N2O2/c1-4-18-9-11-20(12-10-18)23(17(3)24)14-13-21(25)22-15-19-7-5-16(2)6-8-19/h5-12H,4,13-15H2,1-3H3,(H,22,25). The van der Waals surface area contributed by atoms with E-state index in [4.69, 9.17) is 0 Å². The van der Waals surface area contributed by atoms with Gasteiger partial charge >= 0.3 is 0 Å². The Labute approximate surface area is 149 Å². The van der Waals surface area contributed by atoms with E-state index >= 15 is 0 Å². The molecule has 2 aromatic rings. The molecule has 132 valence electrons. The summed E-state index contributed by atoms with van der Waals surface area (Å²) in [6.45, 7) is 6.53. The minimum Gasteiger partial charge on any atom is -0.352 e. The summed E-state index contributed by atoms with van der Waals surface area (Å²) in [4.78, 5) is 25.7. The highest BCUT2D eigenvalue weighted by Crippen LogP contribution is 2.16. The van der Waals surface area contributed by atoms with Crippen LogP contribution >= 0.6 is 0 Å². The number of anilines is 1. The van der Waals surface area contributed by atoms with Crippen LogP contribution in [0.2, 0.25) is 0 Å². The average Bonchev–Trinajstić information content (AvgIpc) is 2.61. The third-order valence-electron chi connectivity index (χ3n) is 4.21. The lowest BCUT2D eigenvalue weighted by Crippen LogP contribution is -2.33. The van der Waals surface area contributed by atoms with Crippen LogP contribution in [0.25, 0.3) is 0 Å². The molecule has 0 aliphatic rings. The van der Waals surface area contributed by atoms with Gasteiger partial charge in [0, 0.05) is 32.1 Å². The molecule has 0 saturated heterocycles. The van der Waals surface area contributed by atoms with Crippen LogP contribution in [-0.2, 0) is 22.6 Å². The van der Waals surface area contributed by atoms with Gasteiger partial charge in [-0.25, -0.2) is 0 Å². The molecule has 2 aromatic carbocycles. The third kappa shape index (κ3) is 5.75. The van der Waals surface area contributed by atoms with Gasteiger partial charge in [0.15, 0.2) is 0 Å². The first kappa shape index (κ1) is 18.7. The Morgan fingerprint density at radius 3 is 2.12 bits per heavy atom. The monoisotopic (exact) mass is 338 g/mol. The predicted octanol–water partition coefficient (Wildman–Crippen LogP) is 3.62. The molecule has 4 heteroatoms. The smallest absolute Gasteiger partial charge is 0.223 e. The molecule has 2 rings (SSSR count). The molecule has 0 heterocycles. The van der Waals surface area contributed by atoms with E-state index < -0.39 is 0 Å². The number of amides is 2. The normalized spacial score (nSPS) is 10.4. The number of carbonyl (C=O) groups is 2. The Bertz CT molecular complexity index is 706. The molecule has 0 aliphatic carbocycles. The first-order chi connectivity index (χ1) is 12.0. The quantitative estimate of drug-likeness (QED) is 0.838. The third-order valence-corrected chi connectivity index (χ3v) is 4.21. The molecule has 25 heavy (non-hydrogen) atoms. The van der Waals surface area contributed by atoms with Crippen molar-refractivity contribution in [2.45, 2.75) is 40.2 Å². The molecule has 1 N–H and O–H groups in total. The summed E-state index contributed by atoms with van der Waals surface area (Å²) in [6.07, 6.45) is 1.24. The van der Waals surface area contributed by atoms with E-state index in [2.05, 4.69) is 12.2 Å². The van der Waals surface area contributed by atoms with Gasteiger partial charge in [0.2, 0.25) is 11.8 Å². The number of benzene rings is 2. The van der Waals surface area contributed by atoms with Crippen molar-refractivity contribution in [3.8, 4) is 0 Å². The van der Waals surface area contributed by atoms with E-state index in [1.807, 2.05) is 55.5 Å². The van der Waals surface area contributed by atoms with Crippen molar-refractivity contribution < 1.29 is 9.59 Å². The summed E-state index contributed by atoms with van der Waals surface area (Å²) < 4.78 is 0. The van der Waals surface area contributed by atoms with E-state index in [-0.39, 0.29) is 18.2 Å².